The first-order chi connectivity index (χ1) is 11.6. The summed E-state index contributed by atoms with van der Waals surface area (Å²) in [5.74, 6) is 1.61. The summed E-state index contributed by atoms with van der Waals surface area (Å²) in [6.07, 6.45) is 4.99. The standard InChI is InChI=1S/C15H25N3O4S2/c19-12(16-7-3-4-8-23-15(21)22)6-2-1-5-11-13-10(9-24-11)17-14(20)18-13/h10-11,13H,1-9H2,(H,16,19)(H,21,22)(H2,17,18,20). The molecule has 136 valence electrons. The second-order valence-corrected chi connectivity index (χ2v) is 8.36. The van der Waals surface area contributed by atoms with Gasteiger partial charge in [-0.15, -0.1) is 0 Å². The Kier molecular flexibility index (Phi) is 8.04. The second kappa shape index (κ2) is 10.0. The quantitative estimate of drug-likeness (QED) is 0.344. The van der Waals surface area contributed by atoms with Gasteiger partial charge in [-0.25, -0.2) is 9.59 Å². The van der Waals surface area contributed by atoms with E-state index in [-0.39, 0.29) is 24.0 Å². The average molecular weight is 376 g/mol. The molecule has 24 heavy (non-hydrogen) atoms. The maximum atomic E-state index is 11.7. The largest absolute Gasteiger partial charge is 0.473 e. The third-order valence-corrected chi connectivity index (χ3v) is 6.45. The van der Waals surface area contributed by atoms with E-state index in [2.05, 4.69) is 16.0 Å². The lowest BCUT2D eigenvalue weighted by Gasteiger charge is -2.16. The van der Waals surface area contributed by atoms with E-state index in [1.54, 1.807) is 0 Å². The molecule has 0 saturated carbocycles. The summed E-state index contributed by atoms with van der Waals surface area (Å²) in [7, 11) is 0. The van der Waals surface area contributed by atoms with Gasteiger partial charge < -0.3 is 21.1 Å². The highest BCUT2D eigenvalue weighted by Gasteiger charge is 2.42. The van der Waals surface area contributed by atoms with Gasteiger partial charge in [0.15, 0.2) is 0 Å². The Morgan fingerprint density at radius 2 is 2.08 bits per heavy atom. The number of carboxylic acid groups (broad SMARTS) is 1. The SMILES string of the molecule is O=C(CCCCC1SCC2NC(=O)NC21)NCCCCSC(=O)O. The molecule has 0 aromatic carbocycles. The molecule has 0 radical (unpaired) electrons. The van der Waals surface area contributed by atoms with Crippen molar-refractivity contribution in [1.82, 2.24) is 16.0 Å². The first kappa shape index (κ1) is 19.2. The molecule has 2 aliphatic rings. The number of thioether (sulfide) groups is 2. The number of hydrogen-bond acceptors (Lipinski definition) is 5. The van der Waals surface area contributed by atoms with Crippen LogP contribution in [0.3, 0.4) is 0 Å². The number of unbranched alkanes of at least 4 members (excludes halogenated alkanes) is 2. The normalized spacial score (nSPS) is 25.0. The van der Waals surface area contributed by atoms with E-state index in [0.717, 1.165) is 49.6 Å². The number of fused-ring (bicyclic) bond motifs is 1. The number of carbonyl (C=O) groups is 3. The fraction of sp³-hybridized carbons (Fsp3) is 0.800. The molecule has 3 amide bonds. The second-order valence-electron chi connectivity index (χ2n) is 6.04. The van der Waals surface area contributed by atoms with Crippen LogP contribution in [0.25, 0.3) is 0 Å². The van der Waals surface area contributed by atoms with Crippen LogP contribution in [-0.4, -0.2) is 57.7 Å². The van der Waals surface area contributed by atoms with E-state index in [4.69, 9.17) is 5.11 Å². The van der Waals surface area contributed by atoms with Crippen molar-refractivity contribution >= 4 is 40.8 Å². The van der Waals surface area contributed by atoms with Crippen LogP contribution in [0.1, 0.15) is 38.5 Å². The Morgan fingerprint density at radius 3 is 2.88 bits per heavy atom. The van der Waals surface area contributed by atoms with E-state index in [1.165, 1.54) is 0 Å². The van der Waals surface area contributed by atoms with E-state index >= 15 is 0 Å². The molecule has 2 saturated heterocycles. The molecule has 0 aliphatic carbocycles. The third-order valence-electron chi connectivity index (χ3n) is 4.20. The first-order valence-corrected chi connectivity index (χ1v) is 10.4. The van der Waals surface area contributed by atoms with E-state index in [9.17, 15) is 14.4 Å². The first-order valence-electron chi connectivity index (χ1n) is 8.37. The Morgan fingerprint density at radius 1 is 1.25 bits per heavy atom. The van der Waals surface area contributed by atoms with Gasteiger partial charge in [0, 0.05) is 29.7 Å². The van der Waals surface area contributed by atoms with Crippen LogP contribution >= 0.6 is 23.5 Å². The van der Waals surface area contributed by atoms with Gasteiger partial charge in [0.1, 0.15) is 0 Å². The van der Waals surface area contributed by atoms with Crippen molar-refractivity contribution in [2.24, 2.45) is 0 Å². The summed E-state index contributed by atoms with van der Waals surface area (Å²) in [5, 5.41) is 16.9. The fourth-order valence-corrected chi connectivity index (χ4v) is 5.04. The maximum absolute atomic E-state index is 11.7. The van der Waals surface area contributed by atoms with Crippen molar-refractivity contribution in [2.45, 2.75) is 55.9 Å². The molecular weight excluding hydrogens is 350 g/mol. The number of carbonyl (C=O) groups excluding carboxylic acids is 2. The zero-order valence-electron chi connectivity index (χ0n) is 13.6. The van der Waals surface area contributed by atoms with Crippen LogP contribution in [0.15, 0.2) is 0 Å². The molecule has 0 aromatic heterocycles. The summed E-state index contributed by atoms with van der Waals surface area (Å²) in [6, 6.07) is 0.437. The van der Waals surface area contributed by atoms with Crippen molar-refractivity contribution < 1.29 is 19.5 Å². The van der Waals surface area contributed by atoms with Gasteiger partial charge in [0.2, 0.25) is 5.91 Å². The average Bonchev–Trinajstić information content (AvgIpc) is 3.06. The Labute approximate surface area is 150 Å². The molecule has 2 fully saturated rings. The summed E-state index contributed by atoms with van der Waals surface area (Å²) in [5.41, 5.74) is 0. The van der Waals surface area contributed by atoms with Crippen molar-refractivity contribution in [3.8, 4) is 0 Å². The maximum Gasteiger partial charge on any atom is 0.364 e. The lowest BCUT2D eigenvalue weighted by Crippen LogP contribution is -2.36. The van der Waals surface area contributed by atoms with Crippen LogP contribution in [0.2, 0.25) is 0 Å². The molecule has 0 spiro atoms. The lowest BCUT2D eigenvalue weighted by atomic mass is 10.0. The van der Waals surface area contributed by atoms with Gasteiger partial charge in [-0.05, 0) is 37.4 Å². The molecule has 0 aromatic rings. The summed E-state index contributed by atoms with van der Waals surface area (Å²) < 4.78 is 0. The Hall–Kier alpha value is -1.09. The lowest BCUT2D eigenvalue weighted by molar-refractivity contribution is -0.121. The topological polar surface area (TPSA) is 108 Å². The van der Waals surface area contributed by atoms with Crippen LogP contribution in [0, 0.1) is 0 Å². The number of urea groups is 1. The molecule has 0 bridgehead atoms. The van der Waals surface area contributed by atoms with Gasteiger partial charge in [0.25, 0.3) is 0 Å². The van der Waals surface area contributed by atoms with Crippen molar-refractivity contribution in [1.29, 1.82) is 0 Å². The van der Waals surface area contributed by atoms with Crippen LogP contribution < -0.4 is 16.0 Å². The molecular formula is C15H25N3O4S2. The van der Waals surface area contributed by atoms with Crippen LogP contribution in [0.4, 0.5) is 9.59 Å². The van der Waals surface area contributed by atoms with E-state index in [1.807, 2.05) is 11.8 Å². The number of nitrogens with one attached hydrogen (secondary N) is 3. The van der Waals surface area contributed by atoms with Gasteiger partial charge in [-0.1, -0.05) is 6.42 Å². The highest BCUT2D eigenvalue weighted by atomic mass is 32.2. The summed E-state index contributed by atoms with van der Waals surface area (Å²) in [4.78, 5) is 33.4. The number of rotatable bonds is 10. The molecule has 9 heteroatoms. The fourth-order valence-electron chi connectivity index (χ4n) is 2.98. The minimum absolute atomic E-state index is 0.0589. The predicted octanol–water partition coefficient (Wildman–Crippen LogP) is 2.02. The van der Waals surface area contributed by atoms with Crippen LogP contribution in [0.5, 0.6) is 0 Å². The highest BCUT2D eigenvalue weighted by Crippen LogP contribution is 2.33. The van der Waals surface area contributed by atoms with E-state index < -0.39 is 5.30 Å². The zero-order chi connectivity index (χ0) is 17.4. The monoisotopic (exact) mass is 375 g/mol. The molecule has 7 nitrogen and oxygen atoms in total. The zero-order valence-corrected chi connectivity index (χ0v) is 15.2. The summed E-state index contributed by atoms with van der Waals surface area (Å²) in [6.45, 7) is 0.610. The molecule has 3 unspecified atom stereocenters. The molecule has 3 atom stereocenters. The van der Waals surface area contributed by atoms with E-state index in [0.29, 0.717) is 24.0 Å². The molecule has 4 N–H and O–H groups in total. The molecule has 2 aliphatic heterocycles. The Balaban J connectivity index is 1.45. The van der Waals surface area contributed by atoms with Gasteiger partial charge in [-0.2, -0.15) is 11.8 Å². The van der Waals surface area contributed by atoms with Crippen molar-refractivity contribution in [2.75, 3.05) is 18.1 Å². The minimum Gasteiger partial charge on any atom is -0.473 e. The minimum atomic E-state index is -0.848. The Bertz CT molecular complexity index is 464. The smallest absolute Gasteiger partial charge is 0.364 e. The summed E-state index contributed by atoms with van der Waals surface area (Å²) >= 11 is 2.79. The highest BCUT2D eigenvalue weighted by molar-refractivity contribution is 8.13. The molecule has 2 rings (SSSR count). The van der Waals surface area contributed by atoms with Crippen LogP contribution in [-0.2, 0) is 4.79 Å². The van der Waals surface area contributed by atoms with Crippen molar-refractivity contribution in [3.63, 3.8) is 0 Å². The third kappa shape index (κ3) is 6.43. The predicted molar refractivity (Wildman–Crippen MR) is 96.7 cm³/mol. The van der Waals surface area contributed by atoms with Gasteiger partial charge >= 0.3 is 11.3 Å². The number of hydrogen-bond donors (Lipinski definition) is 4. The van der Waals surface area contributed by atoms with Gasteiger partial charge in [-0.3, -0.25) is 4.79 Å². The number of amides is 3. The van der Waals surface area contributed by atoms with Gasteiger partial charge in [0.05, 0.1) is 12.1 Å². The van der Waals surface area contributed by atoms with Crippen molar-refractivity contribution in [3.05, 3.63) is 0 Å². The molecule has 2 heterocycles.